The van der Waals surface area contributed by atoms with Gasteiger partial charge in [0.05, 0.1) is 7.11 Å². The maximum atomic E-state index is 16.3. The van der Waals surface area contributed by atoms with Gasteiger partial charge < -0.3 is 43.2 Å². The van der Waals surface area contributed by atoms with Crippen LogP contribution in [0.25, 0.3) is 0 Å². The number of methoxy groups -OCH3 is 1. The fourth-order valence-electron chi connectivity index (χ4n) is 3.80. The molecule has 1 heterocycles. The van der Waals surface area contributed by atoms with Gasteiger partial charge in [0.25, 0.3) is 0 Å². The van der Waals surface area contributed by atoms with Crippen LogP contribution in [-0.2, 0) is 66.7 Å². The number of ether oxygens (including phenoxy) is 8. The van der Waals surface area contributed by atoms with Gasteiger partial charge in [0.1, 0.15) is 25.4 Å². The first-order valence-corrected chi connectivity index (χ1v) is 13.1. The van der Waals surface area contributed by atoms with Gasteiger partial charge in [0.15, 0.2) is 18.3 Å². The Bertz CT molecular complexity index is 1090. The monoisotopic (exact) mass is 683 g/mol. The van der Waals surface area contributed by atoms with E-state index in [9.17, 15) is 33.6 Å². The van der Waals surface area contributed by atoms with E-state index >= 15 is 4.39 Å². The van der Waals surface area contributed by atoms with Crippen molar-refractivity contribution in [1.82, 2.24) is 5.32 Å². The predicted molar refractivity (Wildman–Crippen MR) is 138 cm³/mol. The lowest BCUT2D eigenvalue weighted by atomic mass is 9.86. The molecule has 43 heavy (non-hydrogen) atoms. The van der Waals surface area contributed by atoms with Crippen LogP contribution in [0.5, 0.6) is 0 Å². The first-order chi connectivity index (χ1) is 19.7. The second-order valence-corrected chi connectivity index (χ2v) is 11.2. The second kappa shape index (κ2) is 16.1. The molecule has 0 spiro atoms. The van der Waals surface area contributed by atoms with Gasteiger partial charge in [0.2, 0.25) is 9.96 Å². The summed E-state index contributed by atoms with van der Waals surface area (Å²) in [6, 6.07) is -2.02. The zero-order chi connectivity index (χ0) is 33.3. The fraction of sp³-hybridized carbons (Fsp3) is 0.696. The number of alkyl carbamates (subject to hydrolysis) is 1. The van der Waals surface area contributed by atoms with Crippen molar-refractivity contribution in [2.24, 2.45) is 0 Å². The molecule has 16 nitrogen and oxygen atoms in total. The van der Waals surface area contributed by atoms with Crippen LogP contribution in [-0.4, -0.2) is 108 Å². The maximum Gasteiger partial charge on any atom is 0.407 e. The predicted octanol–water partition coefficient (Wildman–Crippen LogP) is 0.979. The van der Waals surface area contributed by atoms with Crippen molar-refractivity contribution in [1.29, 1.82) is 0 Å². The maximum absolute atomic E-state index is 16.3. The molecule has 0 aromatic carbocycles. The molecule has 244 valence electrons. The highest BCUT2D eigenvalue weighted by molar-refractivity contribution is 6.67. The fourth-order valence-corrected chi connectivity index (χ4v) is 3.97. The molecular formula is C23H29Cl3FNO15. The number of amides is 1. The minimum Gasteiger partial charge on any atom is -0.464 e. The molecule has 0 bridgehead atoms. The number of hydrogen-bond acceptors (Lipinski definition) is 15. The lowest BCUT2D eigenvalue weighted by molar-refractivity contribution is -0.326. The van der Waals surface area contributed by atoms with Crippen molar-refractivity contribution >= 4 is 76.7 Å². The molecule has 0 radical (unpaired) electrons. The highest BCUT2D eigenvalue weighted by atomic mass is 35.6. The molecule has 1 fully saturated rings. The molecule has 1 aliphatic rings. The van der Waals surface area contributed by atoms with Crippen molar-refractivity contribution in [3.8, 4) is 0 Å². The smallest absolute Gasteiger partial charge is 0.407 e. The SMILES string of the molecule is COC(=O)C1(OC(C)=O)O[C@@H]([C@H](OC(C)=O)[C@@H](COC(C)=O)OC(C)=O)[C@H](NC(=O)OCC(Cl)(Cl)Cl)[C@@H](OC(C)=O)[C@H]1F. The van der Waals surface area contributed by atoms with Crippen LogP contribution < -0.4 is 5.32 Å². The Balaban J connectivity index is 3.97. The molecule has 1 unspecified atom stereocenters. The van der Waals surface area contributed by atoms with Gasteiger partial charge in [-0.25, -0.2) is 14.0 Å². The number of nitrogens with one attached hydrogen (secondary N) is 1. The van der Waals surface area contributed by atoms with Crippen molar-refractivity contribution in [2.75, 3.05) is 20.3 Å². The number of rotatable bonds is 11. The molecule has 1 rings (SSSR count). The van der Waals surface area contributed by atoms with E-state index in [1.54, 1.807) is 0 Å². The van der Waals surface area contributed by atoms with E-state index in [1.165, 1.54) is 0 Å². The number of esters is 6. The third-order valence-electron chi connectivity index (χ3n) is 5.15. The Labute approximate surface area is 258 Å². The van der Waals surface area contributed by atoms with E-state index in [-0.39, 0.29) is 0 Å². The number of carbonyl (C=O) groups excluding carboxylic acids is 7. The summed E-state index contributed by atoms with van der Waals surface area (Å²) in [7, 11) is 0.768. The molecule has 0 saturated carbocycles. The first kappa shape index (κ1) is 37.9. The molecule has 1 aliphatic heterocycles. The van der Waals surface area contributed by atoms with Crippen LogP contribution in [0, 0.1) is 0 Å². The summed E-state index contributed by atoms with van der Waals surface area (Å²) in [5.74, 6) is -10.5. The van der Waals surface area contributed by atoms with Crippen LogP contribution >= 0.6 is 34.8 Å². The average Bonchev–Trinajstić information content (AvgIpc) is 2.86. The van der Waals surface area contributed by atoms with E-state index in [1.807, 2.05) is 0 Å². The van der Waals surface area contributed by atoms with Gasteiger partial charge in [-0.05, 0) is 0 Å². The van der Waals surface area contributed by atoms with Crippen LogP contribution in [0.3, 0.4) is 0 Å². The average molecular weight is 685 g/mol. The van der Waals surface area contributed by atoms with E-state index in [0.717, 1.165) is 41.7 Å². The topological polar surface area (TPSA) is 205 Å². The summed E-state index contributed by atoms with van der Waals surface area (Å²) in [6.07, 6.45) is -12.7. The van der Waals surface area contributed by atoms with E-state index < -0.39 is 101 Å². The third-order valence-corrected chi connectivity index (χ3v) is 5.48. The zero-order valence-corrected chi connectivity index (χ0v) is 25.8. The molecular weight excluding hydrogens is 656 g/mol. The minimum absolute atomic E-state index is 0.765. The lowest BCUT2D eigenvalue weighted by Crippen LogP contribution is -2.74. The van der Waals surface area contributed by atoms with Gasteiger partial charge in [-0.15, -0.1) is 0 Å². The van der Waals surface area contributed by atoms with Gasteiger partial charge in [-0.1, -0.05) is 34.8 Å². The number of halogens is 4. The summed E-state index contributed by atoms with van der Waals surface area (Å²) < 4.78 is 54.4. The Morgan fingerprint density at radius 2 is 1.47 bits per heavy atom. The Hall–Kier alpha value is -3.15. The molecule has 0 aromatic rings. The van der Waals surface area contributed by atoms with Crippen molar-refractivity contribution < 1.29 is 75.8 Å². The molecule has 20 heteroatoms. The van der Waals surface area contributed by atoms with Crippen molar-refractivity contribution in [3.05, 3.63) is 0 Å². The molecule has 1 saturated heterocycles. The highest BCUT2D eigenvalue weighted by Crippen LogP contribution is 2.39. The summed E-state index contributed by atoms with van der Waals surface area (Å²) in [5, 5.41) is 2.09. The summed E-state index contributed by atoms with van der Waals surface area (Å²) in [5.41, 5.74) is 0. The summed E-state index contributed by atoms with van der Waals surface area (Å²) >= 11 is 16.8. The standard InChI is InChI=1S/C23H29Cl3FNO15/c1-9(29)37-7-14(39-10(2)30)16(40-11(3)31)17-15(28-21(35)38-8-22(24,25)26)18(41-12(4)32)19(27)23(43-17,20(34)36-6)42-13(5)33/h14-19H,7-8H2,1-6H3,(H,28,35)/t14-,15+,16-,17-,18-,19-,23?/m1/s1. The van der Waals surface area contributed by atoms with Crippen LogP contribution in [0.4, 0.5) is 9.18 Å². The molecule has 7 atom stereocenters. The number of alkyl halides is 4. The molecule has 1 amide bonds. The Morgan fingerprint density at radius 3 is 1.91 bits per heavy atom. The van der Waals surface area contributed by atoms with E-state index in [4.69, 9.17) is 68.0 Å². The quantitative estimate of drug-likeness (QED) is 0.183. The lowest BCUT2D eigenvalue weighted by Gasteiger charge is -2.49. The third kappa shape index (κ3) is 11.5. The van der Waals surface area contributed by atoms with E-state index in [0.29, 0.717) is 0 Å². The van der Waals surface area contributed by atoms with Gasteiger partial charge in [-0.3, -0.25) is 24.0 Å². The molecule has 0 aromatic heterocycles. The van der Waals surface area contributed by atoms with Crippen molar-refractivity contribution in [3.63, 3.8) is 0 Å². The molecule has 1 N–H and O–H groups in total. The van der Waals surface area contributed by atoms with Crippen LogP contribution in [0.15, 0.2) is 0 Å². The normalized spacial score (nSPS) is 24.7. The molecule has 0 aliphatic carbocycles. The minimum atomic E-state index is -3.37. The van der Waals surface area contributed by atoms with Crippen LogP contribution in [0.1, 0.15) is 34.6 Å². The Kier molecular flexibility index (Phi) is 14.2. The van der Waals surface area contributed by atoms with Crippen molar-refractivity contribution in [2.45, 2.75) is 80.8 Å². The van der Waals surface area contributed by atoms with Gasteiger partial charge in [0, 0.05) is 34.6 Å². The largest absolute Gasteiger partial charge is 0.464 e. The highest BCUT2D eigenvalue weighted by Gasteiger charge is 2.67. The van der Waals surface area contributed by atoms with E-state index in [2.05, 4.69) is 10.1 Å². The second-order valence-electron chi connectivity index (χ2n) is 8.70. The van der Waals surface area contributed by atoms with Crippen LogP contribution in [0.2, 0.25) is 0 Å². The van der Waals surface area contributed by atoms with Gasteiger partial charge >= 0.3 is 47.7 Å². The Morgan fingerprint density at radius 1 is 0.884 bits per heavy atom. The number of carbonyl (C=O) groups is 7. The summed E-state index contributed by atoms with van der Waals surface area (Å²) in [4.78, 5) is 85.5. The zero-order valence-electron chi connectivity index (χ0n) is 23.5. The van der Waals surface area contributed by atoms with Gasteiger partial charge in [-0.2, -0.15) is 0 Å². The number of hydrogen-bond donors (Lipinski definition) is 1. The first-order valence-electron chi connectivity index (χ1n) is 12.0. The summed E-state index contributed by atoms with van der Waals surface area (Å²) in [6.45, 7) is 2.70.